The predicted octanol–water partition coefficient (Wildman–Crippen LogP) is 3.46. The van der Waals surface area contributed by atoms with Crippen molar-refractivity contribution < 1.29 is 4.74 Å². The second-order valence-corrected chi connectivity index (χ2v) is 5.72. The Labute approximate surface area is 103 Å². The molecular formula is C13H23NOS. The predicted molar refractivity (Wildman–Crippen MR) is 71.0 cm³/mol. The van der Waals surface area contributed by atoms with Gasteiger partial charge in [0.2, 0.25) is 0 Å². The first-order chi connectivity index (χ1) is 7.59. The van der Waals surface area contributed by atoms with Gasteiger partial charge in [-0.3, -0.25) is 0 Å². The van der Waals surface area contributed by atoms with Gasteiger partial charge in [0.25, 0.3) is 0 Å². The van der Waals surface area contributed by atoms with Gasteiger partial charge in [-0.2, -0.15) is 0 Å². The lowest BCUT2D eigenvalue weighted by atomic mass is 10.2. The highest BCUT2D eigenvalue weighted by Gasteiger charge is 2.10. The van der Waals surface area contributed by atoms with Crippen molar-refractivity contribution in [3.63, 3.8) is 0 Å². The van der Waals surface area contributed by atoms with Gasteiger partial charge in [-0.1, -0.05) is 19.9 Å². The largest absolute Gasteiger partial charge is 0.380 e. The van der Waals surface area contributed by atoms with Crippen LogP contribution in [0.3, 0.4) is 0 Å². The molecule has 1 N–H and O–H groups in total. The maximum Gasteiger partial charge on any atom is 0.0617 e. The van der Waals surface area contributed by atoms with Crippen molar-refractivity contribution in [3.8, 4) is 0 Å². The van der Waals surface area contributed by atoms with Crippen LogP contribution in [-0.4, -0.2) is 19.3 Å². The fraction of sp³-hybridized carbons (Fsp3) is 0.692. The second-order valence-electron chi connectivity index (χ2n) is 4.74. The van der Waals surface area contributed by atoms with Crippen LogP contribution in [0.4, 0.5) is 0 Å². The van der Waals surface area contributed by atoms with Crippen LogP contribution >= 0.6 is 11.3 Å². The molecule has 0 aliphatic carbocycles. The van der Waals surface area contributed by atoms with E-state index >= 15 is 0 Å². The quantitative estimate of drug-likeness (QED) is 0.789. The first-order valence-electron chi connectivity index (χ1n) is 5.96. The molecule has 3 heteroatoms. The molecule has 0 aliphatic rings. The highest BCUT2D eigenvalue weighted by Crippen LogP contribution is 2.18. The third kappa shape index (κ3) is 5.10. The standard InChI is InChI=1S/C13H23NOS/c1-10(2)8-15-9-11(3)14-12(4)13-6-5-7-16-13/h5-7,10-12,14H,8-9H2,1-4H3. The summed E-state index contributed by atoms with van der Waals surface area (Å²) in [4.78, 5) is 1.38. The van der Waals surface area contributed by atoms with Gasteiger partial charge in [-0.25, -0.2) is 0 Å². The van der Waals surface area contributed by atoms with Crippen LogP contribution in [0.2, 0.25) is 0 Å². The summed E-state index contributed by atoms with van der Waals surface area (Å²) in [5, 5.41) is 5.66. The van der Waals surface area contributed by atoms with Crippen LogP contribution in [-0.2, 0) is 4.74 Å². The lowest BCUT2D eigenvalue weighted by Gasteiger charge is -2.19. The molecule has 92 valence electrons. The first kappa shape index (κ1) is 13.7. The zero-order chi connectivity index (χ0) is 12.0. The Kier molecular flexibility index (Phi) is 6.03. The summed E-state index contributed by atoms with van der Waals surface area (Å²) in [6.45, 7) is 10.3. The van der Waals surface area contributed by atoms with Crippen LogP contribution < -0.4 is 5.32 Å². The fourth-order valence-electron chi connectivity index (χ4n) is 1.58. The van der Waals surface area contributed by atoms with Gasteiger partial charge < -0.3 is 10.1 Å². The van der Waals surface area contributed by atoms with Crippen molar-refractivity contribution in [2.24, 2.45) is 5.92 Å². The van der Waals surface area contributed by atoms with Gasteiger partial charge in [0.05, 0.1) is 6.61 Å². The molecule has 0 saturated carbocycles. The summed E-state index contributed by atoms with van der Waals surface area (Å²) < 4.78 is 5.62. The Balaban J connectivity index is 2.21. The molecule has 0 spiro atoms. The van der Waals surface area contributed by atoms with Crippen LogP contribution in [0.15, 0.2) is 17.5 Å². The number of ether oxygens (including phenoxy) is 1. The van der Waals surface area contributed by atoms with Gasteiger partial charge in [-0.05, 0) is 31.2 Å². The van der Waals surface area contributed by atoms with E-state index in [1.807, 2.05) is 0 Å². The average Bonchev–Trinajstić information content (AvgIpc) is 2.69. The van der Waals surface area contributed by atoms with Crippen molar-refractivity contribution in [3.05, 3.63) is 22.4 Å². The monoisotopic (exact) mass is 241 g/mol. The molecule has 0 bridgehead atoms. The van der Waals surface area contributed by atoms with Crippen LogP contribution in [0.1, 0.15) is 38.6 Å². The lowest BCUT2D eigenvalue weighted by Crippen LogP contribution is -2.32. The Morgan fingerprint density at radius 1 is 1.25 bits per heavy atom. The molecule has 0 saturated heterocycles. The highest BCUT2D eigenvalue weighted by atomic mass is 32.1. The van der Waals surface area contributed by atoms with Crippen LogP contribution in [0.25, 0.3) is 0 Å². The molecule has 1 rings (SSSR count). The van der Waals surface area contributed by atoms with Crippen molar-refractivity contribution in [2.75, 3.05) is 13.2 Å². The first-order valence-corrected chi connectivity index (χ1v) is 6.84. The van der Waals surface area contributed by atoms with Crippen molar-refractivity contribution in [2.45, 2.75) is 39.8 Å². The molecular weight excluding hydrogens is 218 g/mol. The maximum absolute atomic E-state index is 5.62. The Morgan fingerprint density at radius 3 is 2.56 bits per heavy atom. The zero-order valence-electron chi connectivity index (χ0n) is 10.7. The van der Waals surface area contributed by atoms with E-state index in [0.29, 0.717) is 18.0 Å². The molecule has 0 aliphatic heterocycles. The van der Waals surface area contributed by atoms with Crippen molar-refractivity contribution >= 4 is 11.3 Å². The average molecular weight is 241 g/mol. The molecule has 0 amide bonds. The van der Waals surface area contributed by atoms with Crippen molar-refractivity contribution in [1.82, 2.24) is 5.32 Å². The van der Waals surface area contributed by atoms with E-state index in [4.69, 9.17) is 4.74 Å². The van der Waals surface area contributed by atoms with E-state index in [0.717, 1.165) is 13.2 Å². The fourth-order valence-corrected chi connectivity index (χ4v) is 2.32. The van der Waals surface area contributed by atoms with Gasteiger partial charge in [-0.15, -0.1) is 11.3 Å². The molecule has 0 aromatic carbocycles. The molecule has 1 aromatic rings. The third-order valence-electron chi connectivity index (χ3n) is 2.32. The number of hydrogen-bond donors (Lipinski definition) is 1. The summed E-state index contributed by atoms with van der Waals surface area (Å²) in [5.74, 6) is 0.613. The molecule has 1 aromatic heterocycles. The summed E-state index contributed by atoms with van der Waals surface area (Å²) in [5.41, 5.74) is 0. The van der Waals surface area contributed by atoms with Crippen LogP contribution in [0.5, 0.6) is 0 Å². The van der Waals surface area contributed by atoms with Gasteiger partial charge in [0.1, 0.15) is 0 Å². The zero-order valence-corrected chi connectivity index (χ0v) is 11.5. The lowest BCUT2D eigenvalue weighted by molar-refractivity contribution is 0.0916. The summed E-state index contributed by atoms with van der Waals surface area (Å²) >= 11 is 1.80. The van der Waals surface area contributed by atoms with E-state index in [-0.39, 0.29) is 0 Å². The minimum atomic E-state index is 0.399. The highest BCUT2D eigenvalue weighted by molar-refractivity contribution is 7.10. The molecule has 1 heterocycles. The SMILES string of the molecule is CC(C)COCC(C)NC(C)c1cccs1. The minimum absolute atomic E-state index is 0.399. The summed E-state index contributed by atoms with van der Waals surface area (Å²) in [6.07, 6.45) is 0. The van der Waals surface area contributed by atoms with E-state index < -0.39 is 0 Å². The Bertz CT molecular complexity index is 271. The number of rotatable bonds is 7. The van der Waals surface area contributed by atoms with Crippen molar-refractivity contribution in [1.29, 1.82) is 0 Å². The number of thiophene rings is 1. The molecule has 2 unspecified atom stereocenters. The number of hydrogen-bond acceptors (Lipinski definition) is 3. The summed E-state index contributed by atoms with van der Waals surface area (Å²) in [7, 11) is 0. The van der Waals surface area contributed by atoms with E-state index in [9.17, 15) is 0 Å². The van der Waals surface area contributed by atoms with Crippen LogP contribution in [0, 0.1) is 5.92 Å². The topological polar surface area (TPSA) is 21.3 Å². The smallest absolute Gasteiger partial charge is 0.0617 e. The molecule has 0 fully saturated rings. The Hall–Kier alpha value is -0.380. The van der Waals surface area contributed by atoms with Gasteiger partial charge in [0, 0.05) is 23.6 Å². The van der Waals surface area contributed by atoms with E-state index in [1.54, 1.807) is 11.3 Å². The van der Waals surface area contributed by atoms with E-state index in [1.165, 1.54) is 4.88 Å². The molecule has 2 nitrogen and oxygen atoms in total. The molecule has 16 heavy (non-hydrogen) atoms. The molecule has 2 atom stereocenters. The van der Waals surface area contributed by atoms with E-state index in [2.05, 4.69) is 50.5 Å². The third-order valence-corrected chi connectivity index (χ3v) is 3.38. The summed E-state index contributed by atoms with van der Waals surface area (Å²) in [6, 6.07) is 5.08. The van der Waals surface area contributed by atoms with Gasteiger partial charge in [0.15, 0.2) is 0 Å². The Morgan fingerprint density at radius 2 is 2.00 bits per heavy atom. The second kappa shape index (κ2) is 7.05. The molecule has 0 radical (unpaired) electrons. The minimum Gasteiger partial charge on any atom is -0.380 e. The maximum atomic E-state index is 5.62. The normalized spacial score (nSPS) is 15.3. The number of nitrogens with one attached hydrogen (secondary N) is 1. The van der Waals surface area contributed by atoms with Gasteiger partial charge >= 0.3 is 0 Å².